The topological polar surface area (TPSA) is 94.4 Å². The fourth-order valence-electron chi connectivity index (χ4n) is 2.78. The minimum Gasteiger partial charge on any atom is -0.348 e. The van der Waals surface area contributed by atoms with Crippen LogP contribution >= 0.6 is 0 Å². The summed E-state index contributed by atoms with van der Waals surface area (Å²) in [4.78, 5) is 37.4. The molecule has 3 N–H and O–H groups in total. The molecule has 1 aromatic carbocycles. The number of nitrogens with one attached hydrogen (secondary N) is 3. The zero-order valence-corrected chi connectivity index (χ0v) is 15.1. The van der Waals surface area contributed by atoms with E-state index in [0.29, 0.717) is 6.42 Å². The summed E-state index contributed by atoms with van der Waals surface area (Å²) in [5, 5.41) is 0.477. The van der Waals surface area contributed by atoms with Crippen molar-refractivity contribution in [3.63, 3.8) is 0 Å². The lowest BCUT2D eigenvalue weighted by Crippen LogP contribution is -2.46. The van der Waals surface area contributed by atoms with Gasteiger partial charge < -0.3 is 15.0 Å². The largest absolute Gasteiger partial charge is 0.348 e. The van der Waals surface area contributed by atoms with E-state index in [1.165, 1.54) is 0 Å². The zero-order chi connectivity index (χ0) is 18.7. The molecule has 6 nitrogen and oxygen atoms in total. The summed E-state index contributed by atoms with van der Waals surface area (Å²) in [5.41, 5.74) is 1.96. The van der Waals surface area contributed by atoms with E-state index in [9.17, 15) is 9.59 Å². The zero-order valence-electron chi connectivity index (χ0n) is 15.1. The van der Waals surface area contributed by atoms with Crippen LogP contribution in [0.1, 0.15) is 37.7 Å². The Labute approximate surface area is 150 Å². The van der Waals surface area contributed by atoms with Crippen LogP contribution in [0.5, 0.6) is 0 Å². The number of H-pyrrole nitrogens is 3. The molecule has 3 rings (SSSR count). The van der Waals surface area contributed by atoms with Crippen LogP contribution in [0.25, 0.3) is 12.2 Å². The molecule has 0 radical (unpaired) electrons. The molecule has 134 valence electrons. The van der Waals surface area contributed by atoms with Crippen molar-refractivity contribution in [2.75, 3.05) is 0 Å². The third-order valence-corrected chi connectivity index (χ3v) is 4.04. The molecule has 3 aromatic rings. The summed E-state index contributed by atoms with van der Waals surface area (Å²) in [6, 6.07) is 9.37. The Hall–Kier alpha value is -3.15. The molecular formula is C20H22N4O2. The molecule has 2 aromatic heterocycles. The maximum atomic E-state index is 12.3. The Bertz CT molecular complexity index is 1130. The molecule has 6 heteroatoms. The molecular weight excluding hydrogens is 328 g/mol. The number of aromatic amines is 3. The maximum absolute atomic E-state index is 12.3. The van der Waals surface area contributed by atoms with E-state index < -0.39 is 0 Å². The van der Waals surface area contributed by atoms with Gasteiger partial charge in [-0.3, -0.25) is 9.59 Å². The second-order valence-electron chi connectivity index (χ2n) is 7.18. The standard InChI is InChI=1S/C20H22N4O2/c1-20(2,3)17-14(21-12-22-17)9-10-15-18(25)24-16(19(26)23-15)11-13-7-5-4-6-8-13/h4-8,10-12H,9H2,1-3H3,(H,21,22)(H,23,26)(H,24,25)/b15-10?,16-11-. The fourth-order valence-corrected chi connectivity index (χ4v) is 2.78. The summed E-state index contributed by atoms with van der Waals surface area (Å²) in [6.07, 6.45) is 5.48. The molecule has 26 heavy (non-hydrogen) atoms. The predicted octanol–water partition coefficient (Wildman–Crippen LogP) is 0.936. The number of rotatable bonds is 3. The van der Waals surface area contributed by atoms with Crippen LogP contribution in [0.4, 0.5) is 0 Å². The summed E-state index contributed by atoms with van der Waals surface area (Å²) < 4.78 is 0. The number of nitrogens with zero attached hydrogens (tertiary/aromatic N) is 1. The molecule has 0 saturated heterocycles. The first-order valence-corrected chi connectivity index (χ1v) is 8.47. The highest BCUT2D eigenvalue weighted by Gasteiger charge is 2.19. The number of imidazole rings is 1. The first kappa shape index (κ1) is 17.7. The van der Waals surface area contributed by atoms with Gasteiger partial charge in [0.15, 0.2) is 0 Å². The van der Waals surface area contributed by atoms with E-state index >= 15 is 0 Å². The van der Waals surface area contributed by atoms with E-state index in [1.807, 2.05) is 30.3 Å². The second kappa shape index (κ2) is 7.00. The molecule has 0 spiro atoms. The predicted molar refractivity (Wildman–Crippen MR) is 102 cm³/mol. The molecule has 0 amide bonds. The van der Waals surface area contributed by atoms with Crippen LogP contribution in [0.15, 0.2) is 46.2 Å². The Morgan fingerprint density at radius 3 is 2.35 bits per heavy atom. The van der Waals surface area contributed by atoms with Crippen LogP contribution in [0.2, 0.25) is 0 Å². The Morgan fingerprint density at radius 1 is 1.00 bits per heavy atom. The monoisotopic (exact) mass is 350 g/mol. The van der Waals surface area contributed by atoms with Crippen LogP contribution in [-0.2, 0) is 11.8 Å². The van der Waals surface area contributed by atoms with Crippen LogP contribution in [0, 0.1) is 0 Å². The average Bonchev–Trinajstić information content (AvgIpc) is 3.06. The molecule has 0 unspecified atom stereocenters. The molecule has 0 fully saturated rings. The summed E-state index contributed by atoms with van der Waals surface area (Å²) in [6.45, 7) is 6.24. The van der Waals surface area contributed by atoms with Crippen LogP contribution < -0.4 is 21.8 Å². The molecule has 2 heterocycles. The maximum Gasteiger partial charge on any atom is 0.272 e. The normalized spacial score (nSPS) is 13.3. The van der Waals surface area contributed by atoms with E-state index in [-0.39, 0.29) is 27.2 Å². The van der Waals surface area contributed by atoms with Gasteiger partial charge in [-0.2, -0.15) is 0 Å². The van der Waals surface area contributed by atoms with Crippen molar-refractivity contribution in [2.24, 2.45) is 0 Å². The van der Waals surface area contributed by atoms with Gasteiger partial charge in [0.25, 0.3) is 11.1 Å². The quantitative estimate of drug-likeness (QED) is 0.656. The number of aromatic nitrogens is 4. The van der Waals surface area contributed by atoms with E-state index in [0.717, 1.165) is 17.0 Å². The molecule has 0 aliphatic carbocycles. The summed E-state index contributed by atoms with van der Waals surface area (Å²) >= 11 is 0. The first-order chi connectivity index (χ1) is 12.3. The van der Waals surface area contributed by atoms with E-state index in [2.05, 4.69) is 40.7 Å². The lowest BCUT2D eigenvalue weighted by atomic mass is 9.90. The highest BCUT2D eigenvalue weighted by atomic mass is 16.1. The highest BCUT2D eigenvalue weighted by Crippen LogP contribution is 2.22. The first-order valence-electron chi connectivity index (χ1n) is 8.47. The van der Waals surface area contributed by atoms with Crippen molar-refractivity contribution >= 4 is 12.2 Å². The SMILES string of the molecule is CC(C)(C)c1nc[nH]c1CC=c1[nH]c(=O)/c(=C/c2ccccc2)[nH]c1=O. The summed E-state index contributed by atoms with van der Waals surface area (Å²) in [7, 11) is 0. The van der Waals surface area contributed by atoms with Gasteiger partial charge in [0, 0.05) is 17.5 Å². The molecule has 0 bridgehead atoms. The highest BCUT2D eigenvalue weighted by molar-refractivity contribution is 5.47. The van der Waals surface area contributed by atoms with Crippen molar-refractivity contribution in [1.29, 1.82) is 0 Å². The lowest BCUT2D eigenvalue weighted by Gasteiger charge is -2.16. The molecule has 0 aliphatic heterocycles. The third-order valence-electron chi connectivity index (χ3n) is 4.04. The Morgan fingerprint density at radius 2 is 1.65 bits per heavy atom. The van der Waals surface area contributed by atoms with Gasteiger partial charge in [0.1, 0.15) is 10.7 Å². The van der Waals surface area contributed by atoms with Gasteiger partial charge in [-0.1, -0.05) is 51.1 Å². The fraction of sp³-hybridized carbons (Fsp3) is 0.250. The van der Waals surface area contributed by atoms with Crippen LogP contribution in [0.3, 0.4) is 0 Å². The van der Waals surface area contributed by atoms with Gasteiger partial charge in [0.05, 0.1) is 12.0 Å². The van der Waals surface area contributed by atoms with Crippen LogP contribution in [-0.4, -0.2) is 19.9 Å². The van der Waals surface area contributed by atoms with Gasteiger partial charge >= 0.3 is 0 Å². The number of hydrogen-bond donors (Lipinski definition) is 3. The summed E-state index contributed by atoms with van der Waals surface area (Å²) in [5.74, 6) is 0. The Balaban J connectivity index is 1.98. The van der Waals surface area contributed by atoms with Gasteiger partial charge in [0.2, 0.25) is 0 Å². The number of benzene rings is 1. The minimum absolute atomic E-state index is 0.0997. The second-order valence-corrected chi connectivity index (χ2v) is 7.18. The third kappa shape index (κ3) is 3.91. The van der Waals surface area contributed by atoms with Gasteiger partial charge in [-0.15, -0.1) is 0 Å². The van der Waals surface area contributed by atoms with Crippen molar-refractivity contribution in [1.82, 2.24) is 19.9 Å². The van der Waals surface area contributed by atoms with Gasteiger partial charge in [-0.25, -0.2) is 4.98 Å². The van der Waals surface area contributed by atoms with Gasteiger partial charge in [-0.05, 0) is 17.7 Å². The van der Waals surface area contributed by atoms with Crippen molar-refractivity contribution in [3.8, 4) is 0 Å². The average molecular weight is 350 g/mol. The minimum atomic E-state index is -0.333. The van der Waals surface area contributed by atoms with E-state index in [1.54, 1.807) is 18.5 Å². The molecule has 0 saturated carbocycles. The van der Waals surface area contributed by atoms with Crippen molar-refractivity contribution in [2.45, 2.75) is 32.6 Å². The van der Waals surface area contributed by atoms with Crippen molar-refractivity contribution < 1.29 is 0 Å². The van der Waals surface area contributed by atoms with Crippen molar-refractivity contribution in [3.05, 3.63) is 85.0 Å². The van der Waals surface area contributed by atoms with E-state index in [4.69, 9.17) is 0 Å². The number of hydrogen-bond acceptors (Lipinski definition) is 3. The molecule has 0 aliphatic rings. The smallest absolute Gasteiger partial charge is 0.272 e. The molecule has 0 atom stereocenters. The Kier molecular flexibility index (Phi) is 4.75. The lowest BCUT2D eigenvalue weighted by molar-refractivity contribution is 0.567.